The number of rotatable bonds is 4. The Morgan fingerprint density at radius 2 is 1.63 bits per heavy atom. The highest BCUT2D eigenvalue weighted by atomic mass is 19.1. The largest absolute Gasteiger partial charge is 0.339 e. The van der Waals surface area contributed by atoms with Crippen LogP contribution in [0.3, 0.4) is 0 Å². The summed E-state index contributed by atoms with van der Waals surface area (Å²) < 4.78 is 17.8. The second kappa shape index (κ2) is 9.31. The average molecular weight is 483 g/mol. The van der Waals surface area contributed by atoms with Crippen molar-refractivity contribution in [2.45, 2.75) is 38.6 Å². The van der Waals surface area contributed by atoms with Crippen molar-refractivity contribution in [3.63, 3.8) is 0 Å². The summed E-state index contributed by atoms with van der Waals surface area (Å²) in [7, 11) is 3.05. The molecule has 2 aliphatic rings. The lowest BCUT2D eigenvalue weighted by Crippen LogP contribution is -2.51. The number of piperazine rings is 1. The number of imidazole rings is 1. The molecule has 0 radical (unpaired) electrons. The van der Waals surface area contributed by atoms with Crippen LogP contribution in [0.2, 0.25) is 0 Å². The number of anilines is 1. The first kappa shape index (κ1) is 23.3. The van der Waals surface area contributed by atoms with Crippen LogP contribution in [-0.2, 0) is 25.4 Å². The maximum Gasteiger partial charge on any atom is 0.332 e. The molecule has 1 saturated carbocycles. The molecule has 1 aliphatic heterocycles. The molecule has 0 spiro atoms. The van der Waals surface area contributed by atoms with E-state index >= 15 is 0 Å². The number of carbonyl (C=O) groups is 1. The Kier molecular flexibility index (Phi) is 6.21. The Hall–Kier alpha value is -3.43. The van der Waals surface area contributed by atoms with E-state index < -0.39 is 11.2 Å². The molecule has 0 atom stereocenters. The quantitative estimate of drug-likeness (QED) is 0.567. The van der Waals surface area contributed by atoms with Crippen molar-refractivity contribution < 1.29 is 9.18 Å². The highest BCUT2D eigenvalue weighted by molar-refractivity contribution is 5.79. The van der Waals surface area contributed by atoms with Gasteiger partial charge in [-0.25, -0.2) is 9.18 Å². The van der Waals surface area contributed by atoms with Crippen molar-refractivity contribution in [1.82, 2.24) is 23.6 Å². The van der Waals surface area contributed by atoms with Gasteiger partial charge in [-0.1, -0.05) is 31.4 Å². The summed E-state index contributed by atoms with van der Waals surface area (Å²) in [4.78, 5) is 47.4. The van der Waals surface area contributed by atoms with Crippen molar-refractivity contribution >= 4 is 23.0 Å². The molecular weight excluding hydrogens is 451 g/mol. The van der Waals surface area contributed by atoms with Gasteiger partial charge in [-0.3, -0.25) is 23.3 Å². The maximum atomic E-state index is 13.5. The third-order valence-electron chi connectivity index (χ3n) is 7.41. The van der Waals surface area contributed by atoms with Gasteiger partial charge in [0.05, 0.1) is 6.54 Å². The van der Waals surface area contributed by atoms with Gasteiger partial charge in [0.2, 0.25) is 11.9 Å². The molecule has 3 aromatic rings. The molecule has 186 valence electrons. The van der Waals surface area contributed by atoms with E-state index in [-0.39, 0.29) is 17.6 Å². The Morgan fingerprint density at radius 1 is 0.971 bits per heavy atom. The van der Waals surface area contributed by atoms with Gasteiger partial charge in [0, 0.05) is 46.2 Å². The third kappa shape index (κ3) is 4.26. The molecule has 0 bridgehead atoms. The van der Waals surface area contributed by atoms with Crippen LogP contribution < -0.4 is 16.1 Å². The molecule has 10 heteroatoms. The fourth-order valence-electron chi connectivity index (χ4n) is 5.33. The number of halogens is 1. The van der Waals surface area contributed by atoms with Gasteiger partial charge >= 0.3 is 5.69 Å². The van der Waals surface area contributed by atoms with E-state index in [4.69, 9.17) is 4.98 Å². The topological polar surface area (TPSA) is 85.4 Å². The molecule has 1 amide bonds. The molecular formula is C25H31FN6O3. The summed E-state index contributed by atoms with van der Waals surface area (Å²) in [6, 6.07) is 6.13. The predicted octanol–water partition coefficient (Wildman–Crippen LogP) is 1.85. The van der Waals surface area contributed by atoms with Gasteiger partial charge in [0.1, 0.15) is 5.82 Å². The van der Waals surface area contributed by atoms with E-state index in [2.05, 4.69) is 4.90 Å². The van der Waals surface area contributed by atoms with Gasteiger partial charge in [-0.15, -0.1) is 0 Å². The summed E-state index contributed by atoms with van der Waals surface area (Å²) in [6.45, 7) is 2.65. The number of carbonyl (C=O) groups excluding carboxylic acids is 1. The minimum absolute atomic E-state index is 0.135. The number of fused-ring (bicyclic) bond motifs is 1. The number of benzene rings is 1. The number of aromatic nitrogens is 4. The van der Waals surface area contributed by atoms with E-state index in [1.807, 2.05) is 9.47 Å². The summed E-state index contributed by atoms with van der Waals surface area (Å²) in [5.74, 6) is 0.630. The molecule has 1 aliphatic carbocycles. The summed E-state index contributed by atoms with van der Waals surface area (Å²) in [5.41, 5.74) is 0.595. The molecule has 3 heterocycles. The van der Waals surface area contributed by atoms with E-state index in [1.165, 1.54) is 30.2 Å². The Bertz CT molecular complexity index is 1360. The second-order valence-electron chi connectivity index (χ2n) is 9.65. The lowest BCUT2D eigenvalue weighted by Gasteiger charge is -2.37. The number of hydrogen-bond donors (Lipinski definition) is 0. The van der Waals surface area contributed by atoms with Crippen molar-refractivity contribution in [1.29, 1.82) is 0 Å². The van der Waals surface area contributed by atoms with Crippen LogP contribution in [0.15, 0.2) is 33.9 Å². The molecule has 5 rings (SSSR count). The SMILES string of the molecule is Cn1c(=O)c2c(nc(N3CCN(C(=O)C4CCCCC4)CC3)n2Cc2ccc(F)cc2)n(C)c1=O. The van der Waals surface area contributed by atoms with Crippen LogP contribution in [0.1, 0.15) is 37.7 Å². The fraction of sp³-hybridized carbons (Fsp3) is 0.520. The first-order chi connectivity index (χ1) is 16.8. The van der Waals surface area contributed by atoms with Crippen molar-refractivity contribution in [2.75, 3.05) is 31.1 Å². The zero-order valence-corrected chi connectivity index (χ0v) is 20.2. The van der Waals surface area contributed by atoms with Gasteiger partial charge in [0.25, 0.3) is 5.56 Å². The molecule has 0 unspecified atom stereocenters. The van der Waals surface area contributed by atoms with E-state index in [9.17, 15) is 18.8 Å². The Balaban J connectivity index is 1.48. The number of hydrogen-bond acceptors (Lipinski definition) is 5. The standard InChI is InChI=1S/C25H31FN6O3/c1-28-21-20(23(34)29(2)25(28)35)32(16-17-8-10-19(26)11-9-17)24(27-21)31-14-12-30(13-15-31)22(33)18-6-4-3-5-7-18/h8-11,18H,3-7,12-16H2,1-2H3. The molecule has 2 aromatic heterocycles. The summed E-state index contributed by atoms with van der Waals surface area (Å²) >= 11 is 0. The predicted molar refractivity (Wildman–Crippen MR) is 131 cm³/mol. The van der Waals surface area contributed by atoms with Gasteiger partial charge in [0.15, 0.2) is 11.2 Å². The third-order valence-corrected chi connectivity index (χ3v) is 7.41. The van der Waals surface area contributed by atoms with Crippen LogP contribution in [0.5, 0.6) is 0 Å². The fourth-order valence-corrected chi connectivity index (χ4v) is 5.33. The lowest BCUT2D eigenvalue weighted by atomic mass is 9.88. The molecule has 35 heavy (non-hydrogen) atoms. The molecule has 9 nitrogen and oxygen atoms in total. The Morgan fingerprint density at radius 3 is 2.29 bits per heavy atom. The normalized spacial score (nSPS) is 17.3. The first-order valence-corrected chi connectivity index (χ1v) is 12.3. The van der Waals surface area contributed by atoms with E-state index in [0.29, 0.717) is 49.8 Å². The van der Waals surface area contributed by atoms with E-state index in [0.717, 1.165) is 35.8 Å². The molecule has 1 saturated heterocycles. The van der Waals surface area contributed by atoms with Crippen LogP contribution in [0.4, 0.5) is 10.3 Å². The molecule has 0 N–H and O–H groups in total. The monoisotopic (exact) mass is 482 g/mol. The number of nitrogens with zero attached hydrogens (tertiary/aromatic N) is 6. The molecule has 1 aromatic carbocycles. The minimum Gasteiger partial charge on any atom is -0.339 e. The highest BCUT2D eigenvalue weighted by Crippen LogP contribution is 2.27. The van der Waals surface area contributed by atoms with Gasteiger partial charge in [-0.2, -0.15) is 4.98 Å². The van der Waals surface area contributed by atoms with Crippen LogP contribution in [-0.4, -0.2) is 55.7 Å². The Labute approximate surface area is 202 Å². The summed E-state index contributed by atoms with van der Waals surface area (Å²) in [5, 5.41) is 0. The zero-order valence-electron chi connectivity index (χ0n) is 20.2. The lowest BCUT2D eigenvalue weighted by molar-refractivity contribution is -0.136. The van der Waals surface area contributed by atoms with Crippen molar-refractivity contribution in [3.8, 4) is 0 Å². The highest BCUT2D eigenvalue weighted by Gasteiger charge is 2.30. The van der Waals surface area contributed by atoms with E-state index in [1.54, 1.807) is 19.2 Å². The van der Waals surface area contributed by atoms with Crippen LogP contribution >= 0.6 is 0 Å². The van der Waals surface area contributed by atoms with Crippen LogP contribution in [0, 0.1) is 11.7 Å². The van der Waals surface area contributed by atoms with Crippen molar-refractivity contribution in [2.24, 2.45) is 20.0 Å². The maximum absolute atomic E-state index is 13.5. The second-order valence-corrected chi connectivity index (χ2v) is 9.65. The van der Waals surface area contributed by atoms with Gasteiger partial charge in [-0.05, 0) is 30.5 Å². The molecule has 2 fully saturated rings. The van der Waals surface area contributed by atoms with Crippen molar-refractivity contribution in [3.05, 3.63) is 56.5 Å². The average Bonchev–Trinajstić information content (AvgIpc) is 3.27. The first-order valence-electron chi connectivity index (χ1n) is 12.3. The summed E-state index contributed by atoms with van der Waals surface area (Å²) in [6.07, 6.45) is 5.41. The van der Waals surface area contributed by atoms with Gasteiger partial charge < -0.3 is 9.80 Å². The number of amides is 1. The minimum atomic E-state index is -0.441. The zero-order chi connectivity index (χ0) is 24.7. The number of aryl methyl sites for hydroxylation is 1. The smallest absolute Gasteiger partial charge is 0.332 e. The van der Waals surface area contributed by atoms with Crippen LogP contribution in [0.25, 0.3) is 11.2 Å².